The minimum absolute atomic E-state index is 0.141. The van der Waals surface area contributed by atoms with Crippen LogP contribution in [-0.4, -0.2) is 12.4 Å². The molecule has 2 unspecified atom stereocenters. The van der Waals surface area contributed by atoms with Crippen molar-refractivity contribution in [3.63, 3.8) is 0 Å². The van der Waals surface area contributed by atoms with Gasteiger partial charge in [-0.3, -0.25) is 4.79 Å². The molecule has 1 aliphatic carbocycles. The van der Waals surface area contributed by atoms with Gasteiger partial charge in [0.05, 0.1) is 29.9 Å². The molecule has 0 spiro atoms. The summed E-state index contributed by atoms with van der Waals surface area (Å²) in [7, 11) is 0. The minimum Gasteiger partial charge on any atom is -0.492 e. The largest absolute Gasteiger partial charge is 0.492 e. The van der Waals surface area contributed by atoms with Gasteiger partial charge in [-0.1, -0.05) is 19.4 Å². The average molecular weight is 365 g/mol. The van der Waals surface area contributed by atoms with E-state index in [9.17, 15) is 10.1 Å². The average Bonchev–Trinajstić information content (AvgIpc) is 2.63. The molecule has 1 aliphatic heterocycles. The normalized spacial score (nSPS) is 22.2. The van der Waals surface area contributed by atoms with Gasteiger partial charge in [0.1, 0.15) is 5.75 Å². The molecule has 0 bridgehead atoms. The van der Waals surface area contributed by atoms with Gasteiger partial charge >= 0.3 is 0 Å². The number of anilines is 1. The summed E-state index contributed by atoms with van der Waals surface area (Å²) in [5.41, 5.74) is 10.6. The van der Waals surface area contributed by atoms with Crippen LogP contribution in [0.1, 0.15) is 57.9 Å². The maximum Gasteiger partial charge on any atom is 0.161 e. The highest BCUT2D eigenvalue weighted by atomic mass is 16.5. The Hall–Kier alpha value is -2.74. The highest BCUT2D eigenvalue weighted by Gasteiger charge is 2.38. The zero-order valence-electron chi connectivity index (χ0n) is 16.3. The Balaban J connectivity index is 2.10. The Labute approximate surface area is 160 Å². The molecule has 3 rings (SSSR count). The number of nitriles is 1. The van der Waals surface area contributed by atoms with Crippen molar-refractivity contribution >= 4 is 11.5 Å². The summed E-state index contributed by atoms with van der Waals surface area (Å²) in [6.07, 6.45) is 3.52. The first kappa shape index (κ1) is 19.0. The fourth-order valence-corrected chi connectivity index (χ4v) is 4.22. The number of carbonyl (C=O) groups is 1. The van der Waals surface area contributed by atoms with Crippen LogP contribution < -0.4 is 15.8 Å². The van der Waals surface area contributed by atoms with E-state index < -0.39 is 0 Å². The maximum absolute atomic E-state index is 13.1. The molecule has 1 aromatic rings. The van der Waals surface area contributed by atoms with Crippen LogP contribution in [0.2, 0.25) is 0 Å². The SMILES string of the molecule is CCCC1CC(=O)C2=C(C1)NC(C)=C(C#N)C2c1ccc(N)c(OCC)c1. The number of hydrogen-bond donors (Lipinski definition) is 2. The first-order valence-electron chi connectivity index (χ1n) is 9.66. The van der Waals surface area contributed by atoms with Crippen LogP contribution in [-0.2, 0) is 4.79 Å². The van der Waals surface area contributed by atoms with Gasteiger partial charge in [0.25, 0.3) is 0 Å². The van der Waals surface area contributed by atoms with Crippen molar-refractivity contribution in [2.75, 3.05) is 12.3 Å². The number of carbonyl (C=O) groups excluding carboxylic acids is 1. The smallest absolute Gasteiger partial charge is 0.161 e. The molecular formula is C22H27N3O2. The number of hydrogen-bond acceptors (Lipinski definition) is 5. The van der Waals surface area contributed by atoms with E-state index in [4.69, 9.17) is 10.5 Å². The van der Waals surface area contributed by atoms with Crippen LogP contribution in [0.3, 0.4) is 0 Å². The second kappa shape index (κ2) is 7.87. The Kier molecular flexibility index (Phi) is 5.55. The highest BCUT2D eigenvalue weighted by Crippen LogP contribution is 2.44. The number of ether oxygens (including phenoxy) is 1. The predicted molar refractivity (Wildman–Crippen MR) is 106 cm³/mol. The second-order valence-corrected chi connectivity index (χ2v) is 7.32. The molecule has 2 atom stereocenters. The van der Waals surface area contributed by atoms with E-state index in [-0.39, 0.29) is 11.7 Å². The molecule has 0 amide bonds. The summed E-state index contributed by atoms with van der Waals surface area (Å²) in [4.78, 5) is 13.1. The number of nitrogens with two attached hydrogens (primary N) is 1. The van der Waals surface area contributed by atoms with E-state index in [1.165, 1.54) is 0 Å². The Bertz CT molecular complexity index is 861. The lowest BCUT2D eigenvalue weighted by Gasteiger charge is -2.35. The summed E-state index contributed by atoms with van der Waals surface area (Å²) in [5.74, 6) is 0.748. The topological polar surface area (TPSA) is 88.1 Å². The summed E-state index contributed by atoms with van der Waals surface area (Å²) < 4.78 is 5.64. The van der Waals surface area contributed by atoms with E-state index in [0.717, 1.165) is 41.8 Å². The predicted octanol–water partition coefficient (Wildman–Crippen LogP) is 4.19. The number of nitrogens with one attached hydrogen (secondary N) is 1. The molecule has 142 valence electrons. The van der Waals surface area contributed by atoms with E-state index in [1.54, 1.807) is 6.07 Å². The molecule has 0 saturated heterocycles. The van der Waals surface area contributed by atoms with Gasteiger partial charge in [-0.2, -0.15) is 5.26 Å². The molecule has 0 saturated carbocycles. The molecule has 27 heavy (non-hydrogen) atoms. The number of dihydropyridines is 1. The molecule has 0 radical (unpaired) electrons. The minimum atomic E-state index is -0.360. The number of nitrogen functional groups attached to an aromatic ring is 1. The zero-order chi connectivity index (χ0) is 19.6. The van der Waals surface area contributed by atoms with Crippen molar-refractivity contribution in [1.29, 1.82) is 5.26 Å². The van der Waals surface area contributed by atoms with Gasteiger partial charge in [-0.15, -0.1) is 0 Å². The van der Waals surface area contributed by atoms with Crippen molar-refractivity contribution in [3.05, 3.63) is 46.3 Å². The summed E-state index contributed by atoms with van der Waals surface area (Å²) in [5, 5.41) is 13.1. The summed E-state index contributed by atoms with van der Waals surface area (Å²) in [6, 6.07) is 7.88. The number of benzene rings is 1. The standard InChI is InChI=1S/C22H27N3O2/c1-4-6-14-9-18-22(19(26)10-14)21(16(12-23)13(3)25-18)15-7-8-17(24)20(11-15)27-5-2/h7-8,11,14,21,25H,4-6,9-10,24H2,1-3H3. The molecule has 3 N–H and O–H groups in total. The van der Waals surface area contributed by atoms with Crippen molar-refractivity contribution < 1.29 is 9.53 Å². The molecule has 5 heteroatoms. The first-order chi connectivity index (χ1) is 13.0. The summed E-state index contributed by atoms with van der Waals surface area (Å²) in [6.45, 7) is 6.46. The van der Waals surface area contributed by atoms with Gasteiger partial charge in [0.15, 0.2) is 5.78 Å². The molecule has 1 aromatic carbocycles. The number of allylic oxidation sites excluding steroid dienone is 4. The van der Waals surface area contributed by atoms with Gasteiger partial charge in [0, 0.05) is 23.4 Å². The molecule has 5 nitrogen and oxygen atoms in total. The van der Waals surface area contributed by atoms with E-state index in [0.29, 0.717) is 36.0 Å². The van der Waals surface area contributed by atoms with Gasteiger partial charge < -0.3 is 15.8 Å². The zero-order valence-corrected chi connectivity index (χ0v) is 16.3. The molecule has 1 heterocycles. The van der Waals surface area contributed by atoms with Gasteiger partial charge in [0.2, 0.25) is 0 Å². The van der Waals surface area contributed by atoms with Crippen molar-refractivity contribution in [3.8, 4) is 11.8 Å². The third-order valence-electron chi connectivity index (χ3n) is 5.40. The van der Waals surface area contributed by atoms with Crippen LogP contribution in [0.25, 0.3) is 0 Å². The van der Waals surface area contributed by atoms with Gasteiger partial charge in [-0.05, 0) is 50.3 Å². The molecule has 0 aromatic heterocycles. The van der Waals surface area contributed by atoms with Crippen molar-refractivity contribution in [2.24, 2.45) is 5.92 Å². The third-order valence-corrected chi connectivity index (χ3v) is 5.40. The fourth-order valence-electron chi connectivity index (χ4n) is 4.22. The number of Topliss-reactive ketones (excluding diaryl/α,β-unsaturated/α-hetero) is 1. The molecule has 0 fully saturated rings. The number of rotatable bonds is 5. The van der Waals surface area contributed by atoms with Crippen LogP contribution >= 0.6 is 0 Å². The number of nitrogens with zero attached hydrogens (tertiary/aromatic N) is 1. The Morgan fingerprint density at radius 2 is 2.11 bits per heavy atom. The maximum atomic E-state index is 13.1. The Morgan fingerprint density at radius 1 is 1.33 bits per heavy atom. The quantitative estimate of drug-likeness (QED) is 0.764. The van der Waals surface area contributed by atoms with Crippen LogP contribution in [0.4, 0.5) is 5.69 Å². The van der Waals surface area contributed by atoms with E-state index in [2.05, 4.69) is 18.3 Å². The highest BCUT2D eigenvalue weighted by molar-refractivity contribution is 6.00. The molecule has 2 aliphatic rings. The van der Waals surface area contributed by atoms with Crippen LogP contribution in [0.5, 0.6) is 5.75 Å². The van der Waals surface area contributed by atoms with Crippen molar-refractivity contribution in [2.45, 2.75) is 52.4 Å². The Morgan fingerprint density at radius 3 is 2.78 bits per heavy atom. The fraction of sp³-hybridized carbons (Fsp3) is 0.455. The first-order valence-corrected chi connectivity index (χ1v) is 9.66. The lowest BCUT2D eigenvalue weighted by atomic mass is 9.72. The third kappa shape index (κ3) is 3.57. The number of ketones is 1. The van der Waals surface area contributed by atoms with Crippen LogP contribution in [0, 0.1) is 17.2 Å². The van der Waals surface area contributed by atoms with E-state index in [1.807, 2.05) is 26.0 Å². The monoisotopic (exact) mass is 365 g/mol. The van der Waals surface area contributed by atoms with Crippen LogP contribution in [0.15, 0.2) is 40.7 Å². The van der Waals surface area contributed by atoms with Gasteiger partial charge in [-0.25, -0.2) is 0 Å². The lowest BCUT2D eigenvalue weighted by Crippen LogP contribution is -2.34. The second-order valence-electron chi connectivity index (χ2n) is 7.32. The summed E-state index contributed by atoms with van der Waals surface area (Å²) >= 11 is 0. The van der Waals surface area contributed by atoms with E-state index >= 15 is 0 Å². The lowest BCUT2D eigenvalue weighted by molar-refractivity contribution is -0.117. The van der Waals surface area contributed by atoms with Crippen molar-refractivity contribution in [1.82, 2.24) is 5.32 Å². The molecular weight excluding hydrogens is 338 g/mol.